The SMILES string of the molecule is Cc1ccnc(C(NC(=O)c2cc(CN3CCC(O)CC3)on2)C2CC2)c1. The molecule has 1 amide bonds. The number of carbonyl (C=O) groups is 1. The van der Waals surface area contributed by atoms with Crippen LogP contribution in [0.4, 0.5) is 0 Å². The molecule has 1 atom stereocenters. The van der Waals surface area contributed by atoms with E-state index in [2.05, 4.69) is 20.4 Å². The van der Waals surface area contributed by atoms with E-state index in [1.54, 1.807) is 12.3 Å². The summed E-state index contributed by atoms with van der Waals surface area (Å²) >= 11 is 0. The second-order valence-electron chi connectivity index (χ2n) is 7.73. The maximum atomic E-state index is 12.7. The number of piperidine rings is 1. The lowest BCUT2D eigenvalue weighted by molar-refractivity contribution is 0.0748. The third kappa shape index (κ3) is 4.54. The van der Waals surface area contributed by atoms with Crippen LogP contribution in [-0.4, -0.2) is 45.2 Å². The number of nitrogens with zero attached hydrogens (tertiary/aromatic N) is 3. The van der Waals surface area contributed by atoms with Crippen LogP contribution < -0.4 is 5.32 Å². The maximum Gasteiger partial charge on any atom is 0.274 e. The Labute approximate surface area is 158 Å². The summed E-state index contributed by atoms with van der Waals surface area (Å²) in [5, 5.41) is 16.6. The quantitative estimate of drug-likeness (QED) is 0.810. The van der Waals surface area contributed by atoms with Crippen molar-refractivity contribution in [3.63, 3.8) is 0 Å². The fourth-order valence-corrected chi connectivity index (χ4v) is 3.60. The lowest BCUT2D eigenvalue weighted by atomic mass is 10.1. The van der Waals surface area contributed by atoms with Gasteiger partial charge in [0.05, 0.1) is 24.4 Å². The van der Waals surface area contributed by atoms with Gasteiger partial charge in [0.1, 0.15) is 0 Å². The standard InChI is InChI=1S/C20H26N4O3/c1-13-4-7-21-17(10-13)19(14-2-3-14)22-20(26)18-11-16(27-23-18)12-24-8-5-15(25)6-9-24/h4,7,10-11,14-15,19,25H,2-3,5-6,8-9,12H2,1H3,(H,22,26). The van der Waals surface area contributed by atoms with Gasteiger partial charge in [0.25, 0.3) is 5.91 Å². The van der Waals surface area contributed by atoms with Crippen LogP contribution in [0.3, 0.4) is 0 Å². The molecule has 2 aliphatic rings. The zero-order valence-corrected chi connectivity index (χ0v) is 15.6. The highest BCUT2D eigenvalue weighted by Gasteiger charge is 2.35. The molecule has 0 radical (unpaired) electrons. The van der Waals surface area contributed by atoms with Crippen LogP contribution in [0, 0.1) is 12.8 Å². The van der Waals surface area contributed by atoms with Gasteiger partial charge in [0.15, 0.2) is 11.5 Å². The molecule has 27 heavy (non-hydrogen) atoms. The van der Waals surface area contributed by atoms with Gasteiger partial charge in [-0.05, 0) is 56.2 Å². The van der Waals surface area contributed by atoms with E-state index in [0.717, 1.165) is 50.0 Å². The molecule has 144 valence electrons. The van der Waals surface area contributed by atoms with Gasteiger partial charge in [-0.3, -0.25) is 14.7 Å². The Morgan fingerprint density at radius 2 is 2.11 bits per heavy atom. The molecule has 2 aromatic rings. The largest absolute Gasteiger partial charge is 0.393 e. The van der Waals surface area contributed by atoms with Crippen LogP contribution in [0.15, 0.2) is 28.9 Å². The lowest BCUT2D eigenvalue weighted by Crippen LogP contribution is -2.35. The molecule has 2 aromatic heterocycles. The van der Waals surface area contributed by atoms with Crippen molar-refractivity contribution in [2.75, 3.05) is 13.1 Å². The number of nitrogens with one attached hydrogen (secondary N) is 1. The van der Waals surface area contributed by atoms with Crippen LogP contribution in [0.5, 0.6) is 0 Å². The number of pyridine rings is 1. The first-order valence-electron chi connectivity index (χ1n) is 9.68. The van der Waals surface area contributed by atoms with Crippen LogP contribution >= 0.6 is 0 Å². The number of aliphatic hydroxyl groups is 1. The van der Waals surface area contributed by atoms with E-state index in [-0.39, 0.29) is 18.1 Å². The number of aryl methyl sites for hydroxylation is 1. The lowest BCUT2D eigenvalue weighted by Gasteiger charge is -2.28. The van der Waals surface area contributed by atoms with E-state index in [9.17, 15) is 9.90 Å². The monoisotopic (exact) mass is 370 g/mol. The van der Waals surface area contributed by atoms with E-state index in [0.29, 0.717) is 23.9 Å². The molecule has 1 saturated heterocycles. The van der Waals surface area contributed by atoms with Gasteiger partial charge >= 0.3 is 0 Å². The zero-order chi connectivity index (χ0) is 18.8. The van der Waals surface area contributed by atoms with Gasteiger partial charge in [0, 0.05) is 25.4 Å². The number of aliphatic hydroxyl groups excluding tert-OH is 1. The molecule has 1 unspecified atom stereocenters. The fourth-order valence-electron chi connectivity index (χ4n) is 3.60. The first kappa shape index (κ1) is 18.1. The average molecular weight is 370 g/mol. The summed E-state index contributed by atoms with van der Waals surface area (Å²) in [5.41, 5.74) is 2.34. The molecule has 3 heterocycles. The van der Waals surface area contributed by atoms with E-state index >= 15 is 0 Å². The van der Waals surface area contributed by atoms with E-state index < -0.39 is 0 Å². The van der Waals surface area contributed by atoms with Gasteiger partial charge in [-0.15, -0.1) is 0 Å². The molecule has 0 bridgehead atoms. The molecule has 7 heteroatoms. The molecule has 1 aliphatic heterocycles. The van der Waals surface area contributed by atoms with E-state index in [4.69, 9.17) is 4.52 Å². The third-order valence-electron chi connectivity index (χ3n) is 5.36. The Morgan fingerprint density at radius 1 is 1.33 bits per heavy atom. The molecule has 1 saturated carbocycles. The Hall–Kier alpha value is -2.25. The highest BCUT2D eigenvalue weighted by molar-refractivity contribution is 5.92. The smallest absolute Gasteiger partial charge is 0.274 e. The van der Waals surface area contributed by atoms with Gasteiger partial charge in [0.2, 0.25) is 0 Å². The van der Waals surface area contributed by atoms with Crippen LogP contribution in [-0.2, 0) is 6.54 Å². The summed E-state index contributed by atoms with van der Waals surface area (Å²) in [6.07, 6.45) is 5.33. The number of rotatable bonds is 6. The molecule has 0 aromatic carbocycles. The maximum absolute atomic E-state index is 12.7. The Morgan fingerprint density at radius 3 is 2.81 bits per heavy atom. The van der Waals surface area contributed by atoms with Crippen molar-refractivity contribution < 1.29 is 14.4 Å². The first-order chi connectivity index (χ1) is 13.1. The number of carbonyl (C=O) groups excluding carboxylic acids is 1. The highest BCUT2D eigenvalue weighted by atomic mass is 16.5. The van der Waals surface area contributed by atoms with Crippen molar-refractivity contribution in [1.29, 1.82) is 0 Å². The third-order valence-corrected chi connectivity index (χ3v) is 5.36. The topological polar surface area (TPSA) is 91.5 Å². The van der Waals surface area contributed by atoms with E-state index in [1.807, 2.05) is 19.1 Å². The van der Waals surface area contributed by atoms with Crippen molar-refractivity contribution in [2.45, 2.75) is 51.3 Å². The summed E-state index contributed by atoms with van der Waals surface area (Å²) in [6.45, 7) is 4.29. The molecule has 2 N–H and O–H groups in total. The zero-order valence-electron chi connectivity index (χ0n) is 15.6. The minimum absolute atomic E-state index is 0.0823. The van der Waals surface area contributed by atoms with Crippen molar-refractivity contribution in [3.8, 4) is 0 Å². The van der Waals surface area contributed by atoms with Crippen LogP contribution in [0.2, 0.25) is 0 Å². The summed E-state index contributed by atoms with van der Waals surface area (Å²) in [6, 6.07) is 5.62. The van der Waals surface area contributed by atoms with Gasteiger partial charge in [-0.1, -0.05) is 5.16 Å². The predicted molar refractivity (Wildman–Crippen MR) is 98.9 cm³/mol. The summed E-state index contributed by atoms with van der Waals surface area (Å²) in [5.74, 6) is 0.891. The Balaban J connectivity index is 1.39. The average Bonchev–Trinajstić information content (AvgIpc) is 3.39. The molecule has 4 rings (SSSR count). The molecule has 2 fully saturated rings. The minimum atomic E-state index is -0.223. The van der Waals surface area contributed by atoms with Crippen molar-refractivity contribution in [1.82, 2.24) is 20.4 Å². The molecule has 1 aliphatic carbocycles. The summed E-state index contributed by atoms with van der Waals surface area (Å²) < 4.78 is 5.37. The number of amides is 1. The molecular weight excluding hydrogens is 344 g/mol. The van der Waals surface area contributed by atoms with Crippen molar-refractivity contribution in [3.05, 3.63) is 47.1 Å². The second-order valence-corrected chi connectivity index (χ2v) is 7.73. The molecular formula is C20H26N4O3. The molecule has 7 nitrogen and oxygen atoms in total. The number of hydrogen-bond acceptors (Lipinski definition) is 6. The number of aromatic nitrogens is 2. The first-order valence-corrected chi connectivity index (χ1v) is 9.68. The van der Waals surface area contributed by atoms with Crippen LogP contribution in [0.1, 0.15) is 59.2 Å². The second kappa shape index (κ2) is 7.78. The number of hydrogen-bond donors (Lipinski definition) is 2. The Bertz CT molecular complexity index is 794. The van der Waals surface area contributed by atoms with Gasteiger partial charge < -0.3 is 14.9 Å². The fraction of sp³-hybridized carbons (Fsp3) is 0.550. The van der Waals surface area contributed by atoms with Crippen LogP contribution in [0.25, 0.3) is 0 Å². The highest BCUT2D eigenvalue weighted by Crippen LogP contribution is 2.40. The van der Waals surface area contributed by atoms with E-state index in [1.165, 1.54) is 0 Å². The van der Waals surface area contributed by atoms with Gasteiger partial charge in [-0.2, -0.15) is 0 Å². The molecule has 0 spiro atoms. The van der Waals surface area contributed by atoms with Gasteiger partial charge in [-0.25, -0.2) is 0 Å². The Kier molecular flexibility index (Phi) is 5.22. The summed E-state index contributed by atoms with van der Waals surface area (Å²) in [4.78, 5) is 19.3. The van der Waals surface area contributed by atoms with Crippen molar-refractivity contribution >= 4 is 5.91 Å². The number of likely N-dealkylation sites (tertiary alicyclic amines) is 1. The summed E-state index contributed by atoms with van der Waals surface area (Å²) in [7, 11) is 0. The normalized spacial score (nSPS) is 19.8. The van der Waals surface area contributed by atoms with Crippen molar-refractivity contribution in [2.24, 2.45) is 5.92 Å². The predicted octanol–water partition coefficient (Wildman–Crippen LogP) is 2.22. The minimum Gasteiger partial charge on any atom is -0.393 e.